The summed E-state index contributed by atoms with van der Waals surface area (Å²) in [6, 6.07) is 10.3. The van der Waals surface area contributed by atoms with E-state index in [0.717, 1.165) is 17.2 Å². The zero-order valence-electron chi connectivity index (χ0n) is 29.2. The molecule has 2 aliphatic rings. The fourth-order valence-corrected chi connectivity index (χ4v) is 9.03. The summed E-state index contributed by atoms with van der Waals surface area (Å²) in [7, 11) is -3.67. The van der Waals surface area contributed by atoms with Crippen molar-refractivity contribution < 1.29 is 56.4 Å². The molecule has 2 aliphatic heterocycles. The van der Waals surface area contributed by atoms with Crippen LogP contribution in [0.2, 0.25) is 0 Å². The average Bonchev–Trinajstić information content (AvgIpc) is 3.99. The Bertz CT molecular complexity index is 2420. The molecule has 6 heterocycles. The molecule has 0 bridgehead atoms. The Balaban J connectivity index is 1.14. The Labute approximate surface area is 325 Å². The lowest BCUT2D eigenvalue weighted by Crippen LogP contribution is -2.48. The van der Waals surface area contributed by atoms with Crippen LogP contribution in [0.15, 0.2) is 60.4 Å². The number of benzene rings is 1. The summed E-state index contributed by atoms with van der Waals surface area (Å²) in [6.07, 6.45) is -4.62. The van der Waals surface area contributed by atoms with Gasteiger partial charge >= 0.3 is 15.0 Å². The highest BCUT2D eigenvalue weighted by Gasteiger charge is 2.54. The Morgan fingerprint density at radius 1 is 1.14 bits per heavy atom. The van der Waals surface area contributed by atoms with Crippen LogP contribution in [-0.4, -0.2) is 117 Å². The van der Waals surface area contributed by atoms with Gasteiger partial charge in [-0.15, -0.1) is 0 Å². The molecule has 2 unspecified atom stereocenters. The van der Waals surface area contributed by atoms with Gasteiger partial charge in [0.1, 0.15) is 36.5 Å². The molecule has 2 saturated heterocycles. The van der Waals surface area contributed by atoms with E-state index in [2.05, 4.69) is 35.2 Å². The maximum absolute atomic E-state index is 16.3. The Hall–Kier alpha value is -4.47. The van der Waals surface area contributed by atoms with Crippen LogP contribution < -0.4 is 10.9 Å². The van der Waals surface area contributed by atoms with Crippen molar-refractivity contribution in [3.63, 3.8) is 0 Å². The number of anilines is 1. The van der Waals surface area contributed by atoms with Gasteiger partial charge in [0.25, 0.3) is 11.5 Å². The molecule has 1 aromatic carbocycles. The number of halogens is 1. The molecule has 22 nitrogen and oxygen atoms in total. The highest BCUT2D eigenvalue weighted by atomic mass is 32.5. The number of nitriles is 1. The smallest absolute Gasteiger partial charge is 0.327 e. The summed E-state index contributed by atoms with van der Waals surface area (Å²) in [4.78, 5) is 58.1. The third-order valence-electron chi connectivity index (χ3n) is 9.09. The van der Waals surface area contributed by atoms with E-state index in [-0.39, 0.29) is 47.6 Å². The highest BCUT2D eigenvalue weighted by Crippen LogP contribution is 2.56. The molecule has 0 spiro atoms. The maximum Gasteiger partial charge on any atom is 0.327 e. The van der Waals surface area contributed by atoms with Gasteiger partial charge in [0.05, 0.1) is 57.9 Å². The molecule has 5 aromatic rings. The van der Waals surface area contributed by atoms with Crippen molar-refractivity contribution in [2.45, 2.75) is 55.4 Å². The molecule has 0 aliphatic carbocycles. The van der Waals surface area contributed by atoms with Crippen LogP contribution in [-0.2, 0) is 43.9 Å². The quantitative estimate of drug-likeness (QED) is 0.0693. The lowest BCUT2D eigenvalue weighted by atomic mass is 9.99. The van der Waals surface area contributed by atoms with E-state index in [9.17, 15) is 34.5 Å². The summed E-state index contributed by atoms with van der Waals surface area (Å²) >= 11 is 5.66. The van der Waals surface area contributed by atoms with E-state index in [0.29, 0.717) is 5.56 Å². The molecule has 57 heavy (non-hydrogen) atoms. The molecule has 9 atom stereocenters. The topological polar surface area (TPSA) is 293 Å². The number of aliphatic hydroxyl groups excluding tert-OH is 2. The van der Waals surface area contributed by atoms with Gasteiger partial charge in [-0.2, -0.15) is 5.26 Å². The molecule has 5 N–H and O–H groups in total. The second-order valence-corrected chi connectivity index (χ2v) is 16.3. The van der Waals surface area contributed by atoms with E-state index in [1.165, 1.54) is 17.2 Å². The van der Waals surface area contributed by atoms with Crippen LogP contribution in [0.3, 0.4) is 0 Å². The van der Waals surface area contributed by atoms with Gasteiger partial charge in [0.15, 0.2) is 40.5 Å². The molecule has 26 heteroatoms. The first-order valence-electron chi connectivity index (χ1n) is 17.0. The highest BCUT2D eigenvalue weighted by molar-refractivity contribution is 8.07. The van der Waals surface area contributed by atoms with E-state index < -0.39 is 88.8 Å². The van der Waals surface area contributed by atoms with Crippen molar-refractivity contribution in [1.82, 2.24) is 39.0 Å². The number of carbonyl (C=O) groups is 1. The lowest BCUT2D eigenvalue weighted by molar-refractivity contribution is -0.143. The number of ether oxygens (including phenoxy) is 2. The predicted molar refractivity (Wildman–Crippen MR) is 196 cm³/mol. The number of imidazole rings is 2. The number of aromatic nitrogens is 8. The zero-order valence-corrected chi connectivity index (χ0v) is 31.9. The van der Waals surface area contributed by atoms with E-state index in [1.54, 1.807) is 30.3 Å². The van der Waals surface area contributed by atoms with Crippen LogP contribution in [0.1, 0.15) is 35.7 Å². The number of nitrogens with zero attached hydrogens (tertiary/aromatic N) is 8. The largest absolute Gasteiger partial charge is 0.394 e. The van der Waals surface area contributed by atoms with Crippen LogP contribution >= 0.6 is 15.0 Å². The minimum atomic E-state index is -4.18. The van der Waals surface area contributed by atoms with Crippen LogP contribution in [0.4, 0.5) is 10.2 Å². The third-order valence-corrected chi connectivity index (χ3v) is 11.9. The number of alkyl halides is 1. The molecule has 0 radical (unpaired) electrons. The summed E-state index contributed by atoms with van der Waals surface area (Å²) in [5.74, 6) is -0.373. The standard InChI is InChI=1S/C31H33FN10O12P2S/c32-21-24(18(10-43)51-30(21)42-16-39-23-27(42)36-14-37-29(23)46)54-56(57,49-8-4-7-33)50-12-31(11-44)19(53-55(47)48)9-20(52-31)41-15-38-22-25(34-13-35-26(22)41)40-28(45)17-5-2-1-3-6-17/h1-3,5-6,13-16,18-21,24,30,43-44,55H,4,8-12H2,(H,47,48)(H,36,37,46)(H,34,35,40,45)/t18-,19+,20-,21-,24-,30-,31-,56?/m1/s1. The molecular formula is C31H33FN10O12P2S. The van der Waals surface area contributed by atoms with Crippen molar-refractivity contribution in [3.8, 4) is 6.07 Å². The number of hydrogen-bond acceptors (Lipinski definition) is 18. The van der Waals surface area contributed by atoms with E-state index >= 15 is 4.39 Å². The molecule has 1 amide bonds. The van der Waals surface area contributed by atoms with Gasteiger partial charge in [-0.25, -0.2) is 29.3 Å². The third kappa shape index (κ3) is 8.28. The maximum atomic E-state index is 16.3. The number of aliphatic hydroxyl groups is 2. The summed E-state index contributed by atoms with van der Waals surface area (Å²) < 4.78 is 66.0. The van der Waals surface area contributed by atoms with Crippen LogP contribution in [0.5, 0.6) is 0 Å². The first kappa shape index (κ1) is 40.7. The van der Waals surface area contributed by atoms with Gasteiger partial charge in [0.2, 0.25) is 0 Å². The lowest BCUT2D eigenvalue weighted by Gasteiger charge is -2.34. The molecule has 4 aromatic heterocycles. The number of amides is 1. The minimum Gasteiger partial charge on any atom is -0.394 e. The predicted octanol–water partition coefficient (Wildman–Crippen LogP) is 1.41. The Morgan fingerprint density at radius 3 is 2.63 bits per heavy atom. The average molecular weight is 851 g/mol. The van der Waals surface area contributed by atoms with Gasteiger partial charge in [0, 0.05) is 12.0 Å². The van der Waals surface area contributed by atoms with Gasteiger partial charge in [-0.3, -0.25) is 27.8 Å². The molecule has 0 saturated carbocycles. The first-order valence-corrected chi connectivity index (χ1v) is 20.8. The zero-order chi connectivity index (χ0) is 40.3. The fraction of sp³-hybridized carbons (Fsp3) is 0.419. The molecule has 302 valence electrons. The second-order valence-electron chi connectivity index (χ2n) is 12.5. The van der Waals surface area contributed by atoms with Crippen molar-refractivity contribution in [3.05, 3.63) is 71.6 Å². The number of fused-ring (bicyclic) bond motifs is 2. The summed E-state index contributed by atoms with van der Waals surface area (Å²) in [5, 5.41) is 32.8. The Morgan fingerprint density at radius 2 is 1.89 bits per heavy atom. The fourth-order valence-electron chi connectivity index (χ4n) is 6.35. The van der Waals surface area contributed by atoms with Crippen molar-refractivity contribution in [2.24, 2.45) is 0 Å². The molecule has 7 rings (SSSR count). The normalized spacial score (nSPS) is 26.4. The monoisotopic (exact) mass is 850 g/mol. The number of aromatic amines is 1. The Kier molecular flexibility index (Phi) is 12.3. The second kappa shape index (κ2) is 17.2. The van der Waals surface area contributed by atoms with Crippen LogP contribution in [0.25, 0.3) is 22.3 Å². The summed E-state index contributed by atoms with van der Waals surface area (Å²) in [6.45, 7) is -6.88. The molecule has 2 fully saturated rings. The number of carbonyl (C=O) groups excluding carboxylic acids is 1. The van der Waals surface area contributed by atoms with Gasteiger partial charge in [-0.1, -0.05) is 18.2 Å². The number of hydrogen-bond donors (Lipinski definition) is 5. The SMILES string of the molecule is N#CCCOP(=S)(OC[C@@]1(CO)O[C@@H](n2cnc3c(NC(=O)c4ccccc4)ncnc32)C[C@@H]1O[PH](=O)O)O[C@H]1[C@@H](F)[C@H](n2cnc3c(=O)[nH]cnc32)O[C@@H]1CO. The van der Waals surface area contributed by atoms with E-state index in [4.69, 9.17) is 39.4 Å². The van der Waals surface area contributed by atoms with E-state index in [1.807, 2.05) is 6.07 Å². The number of H-pyrrole nitrogens is 1. The van der Waals surface area contributed by atoms with Gasteiger partial charge in [-0.05, 0) is 23.9 Å². The first-order chi connectivity index (χ1) is 27.5. The minimum absolute atomic E-state index is 0.0120. The number of rotatable bonds is 16. The van der Waals surface area contributed by atoms with Crippen molar-refractivity contribution >= 4 is 60.8 Å². The number of nitrogens with one attached hydrogen (secondary N) is 2. The van der Waals surface area contributed by atoms with Crippen LogP contribution in [0, 0.1) is 11.3 Å². The van der Waals surface area contributed by atoms with Gasteiger partial charge < -0.3 is 48.5 Å². The van der Waals surface area contributed by atoms with Crippen molar-refractivity contribution in [2.75, 3.05) is 31.7 Å². The van der Waals surface area contributed by atoms with Crippen molar-refractivity contribution in [1.29, 1.82) is 5.26 Å². The summed E-state index contributed by atoms with van der Waals surface area (Å²) in [5.41, 5.74) is -1.90. The molecular weight excluding hydrogens is 817 g/mol.